The minimum atomic E-state index is -0.397. The third-order valence-electron chi connectivity index (χ3n) is 3.90. The van der Waals surface area contributed by atoms with E-state index in [1.165, 1.54) is 12.5 Å². The Morgan fingerprint density at radius 2 is 1.69 bits per heavy atom. The zero-order chi connectivity index (χ0) is 18.9. The summed E-state index contributed by atoms with van der Waals surface area (Å²) in [5.74, 6) is 0.646. The standard InChI is InChI=1S/C20H21N3O3/c1-12-6-5-7-13(8-12)9-15-18(24)23-16(19(25)22-15)10-14-17(20(2,3)4)26-11-21-14/h5-11H,1-4H3,(H,22,25)(H,23,24). The molecule has 0 amide bonds. The molecule has 0 bridgehead atoms. The van der Waals surface area contributed by atoms with Gasteiger partial charge in [0.15, 0.2) is 6.39 Å². The highest BCUT2D eigenvalue weighted by Crippen LogP contribution is 2.25. The fourth-order valence-corrected chi connectivity index (χ4v) is 2.68. The molecule has 2 heterocycles. The first-order chi connectivity index (χ1) is 12.2. The molecule has 0 aliphatic carbocycles. The van der Waals surface area contributed by atoms with Gasteiger partial charge in [-0.25, -0.2) is 4.98 Å². The van der Waals surface area contributed by atoms with Crippen LogP contribution in [0.15, 0.2) is 44.7 Å². The van der Waals surface area contributed by atoms with Crippen molar-refractivity contribution < 1.29 is 4.42 Å². The van der Waals surface area contributed by atoms with Crippen LogP contribution in [0, 0.1) is 6.92 Å². The van der Waals surface area contributed by atoms with Crippen molar-refractivity contribution in [2.75, 3.05) is 0 Å². The quantitative estimate of drug-likeness (QED) is 0.728. The first kappa shape index (κ1) is 17.7. The van der Waals surface area contributed by atoms with E-state index >= 15 is 0 Å². The smallest absolute Gasteiger partial charge is 0.272 e. The summed E-state index contributed by atoms with van der Waals surface area (Å²) in [4.78, 5) is 34.2. The lowest BCUT2D eigenvalue weighted by molar-refractivity contribution is 0.407. The van der Waals surface area contributed by atoms with Crippen LogP contribution in [0.3, 0.4) is 0 Å². The number of hydrogen-bond donors (Lipinski definition) is 2. The number of nitrogens with one attached hydrogen (secondary N) is 2. The van der Waals surface area contributed by atoms with Gasteiger partial charge in [-0.3, -0.25) is 9.59 Å². The average Bonchev–Trinajstić information content (AvgIpc) is 3.01. The largest absolute Gasteiger partial charge is 0.447 e. The molecule has 1 aromatic carbocycles. The maximum absolute atomic E-state index is 12.4. The molecule has 2 aromatic heterocycles. The summed E-state index contributed by atoms with van der Waals surface area (Å²) in [5, 5.41) is 0.338. The van der Waals surface area contributed by atoms with Gasteiger partial charge in [0, 0.05) is 5.41 Å². The Bertz CT molecular complexity index is 1170. The molecule has 0 aliphatic heterocycles. The maximum Gasteiger partial charge on any atom is 0.272 e. The summed E-state index contributed by atoms with van der Waals surface area (Å²) >= 11 is 0. The third kappa shape index (κ3) is 3.74. The van der Waals surface area contributed by atoms with Gasteiger partial charge < -0.3 is 14.4 Å². The first-order valence-electron chi connectivity index (χ1n) is 8.31. The molecule has 0 atom stereocenters. The molecule has 0 radical (unpaired) electrons. The van der Waals surface area contributed by atoms with Crippen molar-refractivity contribution in [2.45, 2.75) is 33.1 Å². The lowest BCUT2D eigenvalue weighted by Crippen LogP contribution is -2.46. The molecule has 0 unspecified atom stereocenters. The summed E-state index contributed by atoms with van der Waals surface area (Å²) in [7, 11) is 0. The van der Waals surface area contributed by atoms with Crippen LogP contribution < -0.4 is 21.8 Å². The monoisotopic (exact) mass is 351 g/mol. The van der Waals surface area contributed by atoms with Gasteiger partial charge in [-0.2, -0.15) is 0 Å². The van der Waals surface area contributed by atoms with Crippen molar-refractivity contribution in [1.29, 1.82) is 0 Å². The highest BCUT2D eigenvalue weighted by atomic mass is 16.3. The van der Waals surface area contributed by atoms with Crippen molar-refractivity contribution in [1.82, 2.24) is 15.0 Å². The molecule has 0 aliphatic rings. The van der Waals surface area contributed by atoms with E-state index in [1.54, 1.807) is 6.08 Å². The van der Waals surface area contributed by atoms with Gasteiger partial charge in [-0.1, -0.05) is 50.6 Å². The Hall–Kier alpha value is -3.15. The van der Waals surface area contributed by atoms with Gasteiger partial charge in [0.2, 0.25) is 0 Å². The summed E-state index contributed by atoms with van der Waals surface area (Å²) in [6.07, 6.45) is 4.51. The van der Waals surface area contributed by atoms with Crippen LogP contribution in [0.1, 0.15) is 43.4 Å². The molecule has 2 N–H and O–H groups in total. The molecule has 0 fully saturated rings. The van der Waals surface area contributed by atoms with Crippen LogP contribution in [-0.4, -0.2) is 15.0 Å². The number of benzene rings is 1. The highest BCUT2D eigenvalue weighted by molar-refractivity contribution is 5.49. The van der Waals surface area contributed by atoms with Crippen LogP contribution in [0.5, 0.6) is 0 Å². The molecular formula is C20H21N3O3. The SMILES string of the molecule is Cc1cccc(C=c2[nH]c(=O)c(=Cc3ncoc3C(C)(C)C)[nH]c2=O)c1. The number of rotatable bonds is 2. The Morgan fingerprint density at radius 3 is 2.31 bits per heavy atom. The molecule has 0 saturated carbocycles. The second-order valence-electron chi connectivity index (χ2n) is 7.26. The van der Waals surface area contributed by atoms with Gasteiger partial charge in [-0.15, -0.1) is 0 Å². The van der Waals surface area contributed by atoms with E-state index in [4.69, 9.17) is 4.42 Å². The van der Waals surface area contributed by atoms with Gasteiger partial charge in [0.25, 0.3) is 11.1 Å². The minimum absolute atomic E-state index is 0.135. The van der Waals surface area contributed by atoms with E-state index in [1.807, 2.05) is 52.0 Å². The Kier molecular flexibility index (Phi) is 4.50. The zero-order valence-corrected chi connectivity index (χ0v) is 15.2. The molecular weight excluding hydrogens is 330 g/mol. The molecule has 6 heteroatoms. The predicted octanol–water partition coefficient (Wildman–Crippen LogP) is 1.31. The number of nitrogens with zero attached hydrogens (tertiary/aromatic N) is 1. The van der Waals surface area contributed by atoms with E-state index in [9.17, 15) is 9.59 Å². The van der Waals surface area contributed by atoms with Gasteiger partial charge in [0.1, 0.15) is 22.2 Å². The van der Waals surface area contributed by atoms with E-state index in [2.05, 4.69) is 15.0 Å². The van der Waals surface area contributed by atoms with Crippen LogP contribution in [0.25, 0.3) is 12.2 Å². The molecule has 3 aromatic rings. The number of aromatic nitrogens is 3. The van der Waals surface area contributed by atoms with Crippen molar-refractivity contribution in [2.24, 2.45) is 0 Å². The average molecular weight is 351 g/mol. The lowest BCUT2D eigenvalue weighted by atomic mass is 9.92. The molecule has 26 heavy (non-hydrogen) atoms. The van der Waals surface area contributed by atoms with Crippen molar-refractivity contribution >= 4 is 12.2 Å². The summed E-state index contributed by atoms with van der Waals surface area (Å²) in [6, 6.07) is 7.67. The second-order valence-corrected chi connectivity index (χ2v) is 7.26. The lowest BCUT2D eigenvalue weighted by Gasteiger charge is -2.14. The van der Waals surface area contributed by atoms with Crippen LogP contribution in [0.4, 0.5) is 0 Å². The predicted molar refractivity (Wildman–Crippen MR) is 100 cm³/mol. The summed E-state index contributed by atoms with van der Waals surface area (Å²) in [6.45, 7) is 7.92. The fourth-order valence-electron chi connectivity index (χ4n) is 2.68. The van der Waals surface area contributed by atoms with E-state index < -0.39 is 5.56 Å². The fraction of sp³-hybridized carbons (Fsp3) is 0.250. The van der Waals surface area contributed by atoms with Crippen LogP contribution in [0.2, 0.25) is 0 Å². The number of H-pyrrole nitrogens is 2. The number of hydrogen-bond acceptors (Lipinski definition) is 4. The third-order valence-corrected chi connectivity index (χ3v) is 3.90. The Labute approximate surface area is 149 Å². The Morgan fingerprint density at radius 1 is 1.04 bits per heavy atom. The van der Waals surface area contributed by atoms with Crippen LogP contribution >= 0.6 is 0 Å². The second kappa shape index (κ2) is 6.63. The molecule has 0 saturated heterocycles. The van der Waals surface area contributed by atoms with Gasteiger partial charge >= 0.3 is 0 Å². The molecule has 3 rings (SSSR count). The molecule has 6 nitrogen and oxygen atoms in total. The zero-order valence-electron chi connectivity index (χ0n) is 15.2. The number of aromatic amines is 2. The van der Waals surface area contributed by atoms with Crippen molar-refractivity contribution in [3.63, 3.8) is 0 Å². The van der Waals surface area contributed by atoms with Gasteiger partial charge in [0.05, 0.1) is 0 Å². The molecule has 134 valence electrons. The number of aryl methyl sites for hydroxylation is 1. The number of oxazole rings is 1. The summed E-state index contributed by atoms with van der Waals surface area (Å²) < 4.78 is 5.43. The topological polar surface area (TPSA) is 91.8 Å². The summed E-state index contributed by atoms with van der Waals surface area (Å²) in [5.41, 5.74) is 1.39. The van der Waals surface area contributed by atoms with E-state index in [0.29, 0.717) is 11.5 Å². The van der Waals surface area contributed by atoms with Gasteiger partial charge in [-0.05, 0) is 24.6 Å². The maximum atomic E-state index is 12.4. The molecule has 0 spiro atoms. The first-order valence-corrected chi connectivity index (χ1v) is 8.31. The van der Waals surface area contributed by atoms with E-state index in [-0.39, 0.29) is 21.7 Å². The highest BCUT2D eigenvalue weighted by Gasteiger charge is 2.21. The Balaban J connectivity index is 2.14. The normalized spacial score (nSPS) is 13.4. The van der Waals surface area contributed by atoms with Crippen molar-refractivity contribution in [3.8, 4) is 0 Å². The van der Waals surface area contributed by atoms with Crippen LogP contribution in [-0.2, 0) is 5.41 Å². The van der Waals surface area contributed by atoms with Crippen molar-refractivity contribution in [3.05, 3.63) is 84.6 Å². The van der Waals surface area contributed by atoms with E-state index in [0.717, 1.165) is 11.1 Å². The minimum Gasteiger partial charge on any atom is -0.447 e.